The summed E-state index contributed by atoms with van der Waals surface area (Å²) in [6.45, 7) is 2.09. The van der Waals surface area contributed by atoms with Gasteiger partial charge in [0.2, 0.25) is 0 Å². The highest BCUT2D eigenvalue weighted by Crippen LogP contribution is 2.66. The monoisotopic (exact) mass is 304 g/mol. The van der Waals surface area contributed by atoms with Crippen LogP contribution in [0, 0.1) is 17.0 Å². The molecule has 0 aromatic heterocycles. The van der Waals surface area contributed by atoms with Gasteiger partial charge in [0.1, 0.15) is 4.87 Å². The highest BCUT2D eigenvalue weighted by Gasteiger charge is 2.61. The molecule has 0 saturated heterocycles. The van der Waals surface area contributed by atoms with Gasteiger partial charge in [0.25, 0.3) is 0 Å². The topological polar surface area (TPSA) is 0 Å². The van der Waals surface area contributed by atoms with E-state index in [2.05, 4.69) is 13.0 Å². The fourth-order valence-electron chi connectivity index (χ4n) is 4.32. The Morgan fingerprint density at radius 1 is 1.05 bits per heavy atom. The number of hydrogen-bond donors (Lipinski definition) is 0. The maximum atomic E-state index is 14.2. The molecule has 0 N–H and O–H groups in total. The van der Waals surface area contributed by atoms with E-state index < -0.39 is 16.5 Å². The van der Waals surface area contributed by atoms with Crippen LogP contribution in [0.1, 0.15) is 35.6 Å². The second-order valence-corrected chi connectivity index (χ2v) is 6.76. The Bertz CT molecular complexity index is 755. The molecule has 0 amide bonds. The van der Waals surface area contributed by atoms with Gasteiger partial charge < -0.3 is 0 Å². The molecule has 2 aliphatic rings. The van der Waals surface area contributed by atoms with Gasteiger partial charge in [-0.15, -0.1) is 11.6 Å². The predicted octanol–water partition coefficient (Wildman–Crippen LogP) is 4.96. The zero-order chi connectivity index (χ0) is 14.8. The second kappa shape index (κ2) is 4.07. The highest BCUT2D eigenvalue weighted by atomic mass is 35.5. The normalized spacial score (nSPS) is 29.1. The van der Waals surface area contributed by atoms with Gasteiger partial charge >= 0.3 is 0 Å². The van der Waals surface area contributed by atoms with Crippen molar-refractivity contribution in [1.82, 2.24) is 0 Å². The Hall–Kier alpha value is -1.41. The third kappa shape index (κ3) is 1.39. The van der Waals surface area contributed by atoms with Crippen LogP contribution >= 0.6 is 11.6 Å². The van der Waals surface area contributed by atoms with Crippen molar-refractivity contribution in [2.24, 2.45) is 5.41 Å². The summed E-state index contributed by atoms with van der Waals surface area (Å²) in [6, 6.07) is 11.0. The molecule has 108 valence electrons. The Morgan fingerprint density at radius 2 is 1.81 bits per heavy atom. The second-order valence-electron chi connectivity index (χ2n) is 6.19. The van der Waals surface area contributed by atoms with Crippen LogP contribution in [0.3, 0.4) is 0 Å². The van der Waals surface area contributed by atoms with Crippen molar-refractivity contribution >= 4 is 11.6 Å². The standard InChI is InChI=1S/C18H15ClF2/c1-2-17-9-11-5-3-4-6-13(11)18(17,19)14-7-8-15(20)16(21)12(14)10-17/h3-8H,2,9-10H2,1H3. The minimum Gasteiger partial charge on any atom is -0.204 e. The SMILES string of the molecule is CCC12Cc3ccccc3C1(Cl)c1ccc(F)c(F)c1C2. The summed E-state index contributed by atoms with van der Waals surface area (Å²) in [5, 5.41) is 0. The van der Waals surface area contributed by atoms with Crippen LogP contribution in [0.25, 0.3) is 0 Å². The average Bonchev–Trinajstić information content (AvgIpc) is 2.89. The van der Waals surface area contributed by atoms with Gasteiger partial charge in [0, 0.05) is 5.41 Å². The van der Waals surface area contributed by atoms with E-state index >= 15 is 0 Å². The molecule has 2 aliphatic carbocycles. The van der Waals surface area contributed by atoms with Gasteiger partial charge in [-0.1, -0.05) is 37.3 Å². The molecule has 0 fully saturated rings. The summed E-state index contributed by atoms with van der Waals surface area (Å²) in [5.41, 5.74) is 3.23. The van der Waals surface area contributed by atoms with Crippen LogP contribution in [0.15, 0.2) is 36.4 Å². The van der Waals surface area contributed by atoms with Crippen molar-refractivity contribution in [2.75, 3.05) is 0 Å². The van der Waals surface area contributed by atoms with Gasteiger partial charge in [-0.05, 0) is 47.6 Å². The summed E-state index contributed by atoms with van der Waals surface area (Å²) in [4.78, 5) is -0.734. The van der Waals surface area contributed by atoms with Crippen molar-refractivity contribution < 1.29 is 8.78 Å². The third-order valence-electron chi connectivity index (χ3n) is 5.41. The molecule has 2 atom stereocenters. The van der Waals surface area contributed by atoms with Crippen LogP contribution in [-0.2, 0) is 17.7 Å². The summed E-state index contributed by atoms with van der Waals surface area (Å²) in [5.74, 6) is -1.51. The Kier molecular flexibility index (Phi) is 2.57. The van der Waals surface area contributed by atoms with Gasteiger partial charge in [-0.3, -0.25) is 0 Å². The molecule has 0 radical (unpaired) electrons. The largest absolute Gasteiger partial charge is 0.204 e. The zero-order valence-corrected chi connectivity index (χ0v) is 12.5. The maximum Gasteiger partial charge on any atom is 0.162 e. The van der Waals surface area contributed by atoms with Crippen LogP contribution in [0.5, 0.6) is 0 Å². The first-order valence-corrected chi connectivity index (χ1v) is 7.66. The zero-order valence-electron chi connectivity index (χ0n) is 11.7. The number of rotatable bonds is 1. The number of fused-ring (bicyclic) bond motifs is 5. The van der Waals surface area contributed by atoms with Crippen LogP contribution < -0.4 is 0 Å². The number of benzene rings is 2. The first-order valence-electron chi connectivity index (χ1n) is 7.28. The molecule has 2 unspecified atom stereocenters. The fraction of sp³-hybridized carbons (Fsp3) is 0.333. The van der Waals surface area contributed by atoms with E-state index in [0.29, 0.717) is 12.0 Å². The lowest BCUT2D eigenvalue weighted by Crippen LogP contribution is -2.35. The smallest absolute Gasteiger partial charge is 0.162 e. The number of halogens is 3. The lowest BCUT2D eigenvalue weighted by atomic mass is 9.74. The van der Waals surface area contributed by atoms with Crippen LogP contribution in [0.4, 0.5) is 8.78 Å². The van der Waals surface area contributed by atoms with Crippen LogP contribution in [-0.4, -0.2) is 0 Å². The van der Waals surface area contributed by atoms with E-state index in [-0.39, 0.29) is 5.41 Å². The molecule has 0 bridgehead atoms. The Morgan fingerprint density at radius 3 is 2.57 bits per heavy atom. The van der Waals surface area contributed by atoms with Crippen LogP contribution in [0.2, 0.25) is 0 Å². The van der Waals surface area contributed by atoms with Crippen molar-refractivity contribution in [2.45, 2.75) is 31.1 Å². The van der Waals surface area contributed by atoms with E-state index in [1.807, 2.05) is 18.2 Å². The maximum absolute atomic E-state index is 14.2. The van der Waals surface area contributed by atoms with E-state index in [1.54, 1.807) is 6.07 Å². The minimum atomic E-state index is -0.784. The molecule has 0 aliphatic heterocycles. The Labute approximate surface area is 127 Å². The summed E-state index contributed by atoms with van der Waals surface area (Å²) in [7, 11) is 0. The minimum absolute atomic E-state index is 0.255. The van der Waals surface area contributed by atoms with Crippen molar-refractivity contribution in [3.8, 4) is 0 Å². The third-order valence-corrected chi connectivity index (χ3v) is 6.22. The molecule has 21 heavy (non-hydrogen) atoms. The molecule has 2 aromatic rings. The van der Waals surface area contributed by atoms with Gasteiger partial charge in [-0.2, -0.15) is 0 Å². The van der Waals surface area contributed by atoms with Crippen molar-refractivity contribution in [3.05, 3.63) is 70.3 Å². The van der Waals surface area contributed by atoms with E-state index in [0.717, 1.165) is 24.0 Å². The van der Waals surface area contributed by atoms with Gasteiger partial charge in [-0.25, -0.2) is 8.78 Å². The average molecular weight is 305 g/mol. The first-order chi connectivity index (χ1) is 10.0. The quantitative estimate of drug-likeness (QED) is 0.654. The van der Waals surface area contributed by atoms with E-state index in [4.69, 9.17) is 11.6 Å². The summed E-state index contributed by atoms with van der Waals surface area (Å²) in [6.07, 6.45) is 2.15. The van der Waals surface area contributed by atoms with Crippen molar-refractivity contribution in [1.29, 1.82) is 0 Å². The summed E-state index contributed by atoms with van der Waals surface area (Å²) < 4.78 is 27.8. The molecule has 3 heteroatoms. The first kappa shape index (κ1) is 13.3. The predicted molar refractivity (Wildman–Crippen MR) is 79.6 cm³/mol. The molecule has 4 rings (SSSR count). The molecule has 0 heterocycles. The number of hydrogen-bond acceptors (Lipinski definition) is 0. The van der Waals surface area contributed by atoms with E-state index in [9.17, 15) is 8.78 Å². The molecular weight excluding hydrogens is 290 g/mol. The molecule has 0 nitrogen and oxygen atoms in total. The Balaban J connectivity index is 2.06. The summed E-state index contributed by atoms with van der Waals surface area (Å²) >= 11 is 7.12. The number of alkyl halides is 1. The fourth-order valence-corrected chi connectivity index (χ4v) is 4.95. The molecule has 0 saturated carbocycles. The van der Waals surface area contributed by atoms with Gasteiger partial charge in [0.15, 0.2) is 11.6 Å². The van der Waals surface area contributed by atoms with Crippen molar-refractivity contribution in [3.63, 3.8) is 0 Å². The molecular formula is C18H15ClF2. The van der Waals surface area contributed by atoms with E-state index in [1.165, 1.54) is 11.6 Å². The molecule has 0 spiro atoms. The lowest BCUT2D eigenvalue weighted by Gasteiger charge is -2.36. The molecule has 2 aromatic carbocycles. The van der Waals surface area contributed by atoms with Gasteiger partial charge in [0.05, 0.1) is 0 Å². The highest BCUT2D eigenvalue weighted by molar-refractivity contribution is 6.27. The lowest BCUT2D eigenvalue weighted by molar-refractivity contribution is 0.251.